The lowest BCUT2D eigenvalue weighted by atomic mass is 9.96. The minimum absolute atomic E-state index is 0.116. The molecule has 5 nitrogen and oxygen atoms in total. The van der Waals surface area contributed by atoms with Crippen LogP contribution in [0.2, 0.25) is 5.02 Å². The zero-order chi connectivity index (χ0) is 12.9. The van der Waals surface area contributed by atoms with Crippen molar-refractivity contribution in [1.82, 2.24) is 4.90 Å². The van der Waals surface area contributed by atoms with E-state index in [-0.39, 0.29) is 12.7 Å². The van der Waals surface area contributed by atoms with Gasteiger partial charge in [0.25, 0.3) is 5.91 Å². The number of carbonyl (C=O) groups excluding carboxylic acids is 1. The summed E-state index contributed by atoms with van der Waals surface area (Å²) in [5, 5.41) is 9.99. The van der Waals surface area contributed by atoms with Crippen LogP contribution < -0.4 is 9.47 Å². The Morgan fingerprint density at radius 3 is 2.83 bits per heavy atom. The van der Waals surface area contributed by atoms with E-state index >= 15 is 0 Å². The van der Waals surface area contributed by atoms with Crippen LogP contribution in [0.5, 0.6) is 11.5 Å². The maximum atomic E-state index is 12.1. The Morgan fingerprint density at radius 2 is 2.17 bits per heavy atom. The van der Waals surface area contributed by atoms with Crippen LogP contribution in [0.3, 0.4) is 0 Å². The van der Waals surface area contributed by atoms with Crippen LogP contribution in [0.1, 0.15) is 17.3 Å². The van der Waals surface area contributed by atoms with Gasteiger partial charge in [0.05, 0.1) is 23.7 Å². The molecule has 1 amide bonds. The number of hydrogen-bond donors (Lipinski definition) is 1. The van der Waals surface area contributed by atoms with E-state index in [1.54, 1.807) is 24.0 Å². The Labute approximate surface area is 109 Å². The summed E-state index contributed by atoms with van der Waals surface area (Å²) in [6, 6.07) is 3.17. The van der Waals surface area contributed by atoms with E-state index < -0.39 is 5.60 Å². The topological polar surface area (TPSA) is 59.0 Å². The van der Waals surface area contributed by atoms with Gasteiger partial charge in [0.15, 0.2) is 11.5 Å². The third-order valence-corrected chi connectivity index (χ3v) is 3.31. The van der Waals surface area contributed by atoms with Gasteiger partial charge in [-0.2, -0.15) is 0 Å². The Hall–Kier alpha value is -1.46. The third kappa shape index (κ3) is 1.79. The summed E-state index contributed by atoms with van der Waals surface area (Å²) in [4.78, 5) is 13.7. The quantitative estimate of drug-likeness (QED) is 0.834. The van der Waals surface area contributed by atoms with Crippen LogP contribution in [0.15, 0.2) is 12.1 Å². The molecule has 0 radical (unpaired) electrons. The zero-order valence-electron chi connectivity index (χ0n) is 9.77. The number of carbonyl (C=O) groups is 1. The van der Waals surface area contributed by atoms with Crippen molar-refractivity contribution in [2.45, 2.75) is 12.5 Å². The molecule has 0 saturated carbocycles. The third-order valence-electron chi connectivity index (χ3n) is 3.02. The van der Waals surface area contributed by atoms with E-state index in [0.717, 1.165) is 0 Å². The standard InChI is InChI=1S/C12H12ClNO4/c1-12(16)4-14(5-12)11(15)7-2-8(13)10-9(3-7)17-6-18-10/h2-3,16H,4-6H2,1H3. The maximum absolute atomic E-state index is 12.1. The number of hydrogen-bond acceptors (Lipinski definition) is 4. The van der Waals surface area contributed by atoms with E-state index in [4.69, 9.17) is 21.1 Å². The van der Waals surface area contributed by atoms with Gasteiger partial charge in [0, 0.05) is 5.56 Å². The van der Waals surface area contributed by atoms with Gasteiger partial charge in [-0.3, -0.25) is 4.79 Å². The number of ether oxygens (including phenoxy) is 2. The van der Waals surface area contributed by atoms with Gasteiger partial charge >= 0.3 is 0 Å². The van der Waals surface area contributed by atoms with Gasteiger partial charge in [-0.1, -0.05) is 11.6 Å². The SMILES string of the molecule is CC1(O)CN(C(=O)c2cc(Cl)c3c(c2)OCO3)C1. The molecule has 1 N–H and O–H groups in total. The fourth-order valence-electron chi connectivity index (χ4n) is 2.19. The van der Waals surface area contributed by atoms with Crippen molar-refractivity contribution in [2.24, 2.45) is 0 Å². The van der Waals surface area contributed by atoms with Crippen LogP contribution >= 0.6 is 11.6 Å². The van der Waals surface area contributed by atoms with Gasteiger partial charge in [-0.25, -0.2) is 0 Å². The average molecular weight is 270 g/mol. The molecule has 1 aromatic carbocycles. The van der Waals surface area contributed by atoms with Crippen molar-refractivity contribution in [3.63, 3.8) is 0 Å². The summed E-state index contributed by atoms with van der Waals surface area (Å²) < 4.78 is 10.4. The maximum Gasteiger partial charge on any atom is 0.254 e. The highest BCUT2D eigenvalue weighted by Crippen LogP contribution is 2.40. The van der Waals surface area contributed by atoms with Crippen LogP contribution in [0, 0.1) is 0 Å². The van der Waals surface area contributed by atoms with Crippen molar-refractivity contribution in [3.8, 4) is 11.5 Å². The van der Waals surface area contributed by atoms with Crippen LogP contribution in [-0.4, -0.2) is 41.4 Å². The minimum Gasteiger partial charge on any atom is -0.454 e. The van der Waals surface area contributed by atoms with Crippen molar-refractivity contribution >= 4 is 17.5 Å². The van der Waals surface area contributed by atoms with Gasteiger partial charge in [0.2, 0.25) is 6.79 Å². The lowest BCUT2D eigenvalue weighted by Crippen LogP contribution is -2.61. The van der Waals surface area contributed by atoms with Crippen molar-refractivity contribution < 1.29 is 19.4 Å². The first kappa shape index (κ1) is 11.6. The fourth-order valence-corrected chi connectivity index (χ4v) is 2.46. The van der Waals surface area contributed by atoms with E-state index in [1.165, 1.54) is 0 Å². The van der Waals surface area contributed by atoms with Crippen molar-refractivity contribution in [1.29, 1.82) is 0 Å². The number of halogens is 1. The first-order chi connectivity index (χ1) is 8.46. The molecule has 0 aliphatic carbocycles. The Kier molecular flexibility index (Phi) is 2.43. The second kappa shape index (κ2) is 3.76. The molecule has 0 unspecified atom stereocenters. The van der Waals surface area contributed by atoms with Gasteiger partial charge in [0.1, 0.15) is 0 Å². The summed E-state index contributed by atoms with van der Waals surface area (Å²) in [5.74, 6) is 0.795. The Bertz CT molecular complexity index is 521. The van der Waals surface area contributed by atoms with Gasteiger partial charge < -0.3 is 19.5 Å². The molecular weight excluding hydrogens is 258 g/mol. The molecule has 0 aromatic heterocycles. The molecule has 1 saturated heterocycles. The van der Waals surface area contributed by atoms with Crippen molar-refractivity contribution in [3.05, 3.63) is 22.7 Å². The molecule has 2 aliphatic rings. The molecule has 3 rings (SSSR count). The van der Waals surface area contributed by atoms with Gasteiger partial charge in [-0.15, -0.1) is 0 Å². The molecular formula is C12H12ClNO4. The number of benzene rings is 1. The molecule has 6 heteroatoms. The number of rotatable bonds is 1. The number of amides is 1. The number of fused-ring (bicyclic) bond motifs is 1. The second-order valence-electron chi connectivity index (χ2n) is 4.85. The predicted molar refractivity (Wildman–Crippen MR) is 64.1 cm³/mol. The summed E-state index contributed by atoms with van der Waals surface area (Å²) >= 11 is 6.02. The van der Waals surface area contributed by atoms with Crippen LogP contribution in [0.25, 0.3) is 0 Å². The highest BCUT2D eigenvalue weighted by molar-refractivity contribution is 6.32. The molecule has 2 heterocycles. The van der Waals surface area contributed by atoms with E-state index in [0.29, 0.717) is 35.2 Å². The number of aliphatic hydroxyl groups is 1. The normalized spacial score (nSPS) is 19.6. The molecule has 1 aromatic rings. The molecule has 1 fully saturated rings. The molecule has 18 heavy (non-hydrogen) atoms. The minimum atomic E-state index is -0.782. The summed E-state index contributed by atoms with van der Waals surface area (Å²) in [6.07, 6.45) is 0. The number of likely N-dealkylation sites (tertiary alicyclic amines) is 1. The van der Waals surface area contributed by atoms with Crippen LogP contribution in [-0.2, 0) is 0 Å². The largest absolute Gasteiger partial charge is 0.454 e. The second-order valence-corrected chi connectivity index (χ2v) is 5.26. The lowest BCUT2D eigenvalue weighted by Gasteiger charge is -2.44. The average Bonchev–Trinajstić information content (AvgIpc) is 2.73. The Morgan fingerprint density at radius 1 is 1.44 bits per heavy atom. The summed E-state index contributed by atoms with van der Waals surface area (Å²) in [7, 11) is 0. The smallest absolute Gasteiger partial charge is 0.254 e. The van der Waals surface area contributed by atoms with Crippen molar-refractivity contribution in [2.75, 3.05) is 19.9 Å². The monoisotopic (exact) mass is 269 g/mol. The first-order valence-corrected chi connectivity index (χ1v) is 5.95. The summed E-state index contributed by atoms with van der Waals surface area (Å²) in [6.45, 7) is 2.48. The molecule has 0 spiro atoms. The highest BCUT2D eigenvalue weighted by atomic mass is 35.5. The van der Waals surface area contributed by atoms with E-state index in [2.05, 4.69) is 0 Å². The van der Waals surface area contributed by atoms with E-state index in [9.17, 15) is 9.90 Å². The summed E-state index contributed by atoms with van der Waals surface area (Å²) in [5.41, 5.74) is -0.338. The Balaban J connectivity index is 1.85. The first-order valence-electron chi connectivity index (χ1n) is 5.57. The van der Waals surface area contributed by atoms with E-state index in [1.807, 2.05) is 0 Å². The van der Waals surface area contributed by atoms with Crippen LogP contribution in [0.4, 0.5) is 0 Å². The fraction of sp³-hybridized carbons (Fsp3) is 0.417. The molecule has 96 valence electrons. The zero-order valence-corrected chi connectivity index (χ0v) is 10.5. The molecule has 2 aliphatic heterocycles. The van der Waals surface area contributed by atoms with Gasteiger partial charge in [-0.05, 0) is 19.1 Å². The molecule has 0 bridgehead atoms. The lowest BCUT2D eigenvalue weighted by molar-refractivity contribution is -0.0668. The molecule has 0 atom stereocenters. The highest BCUT2D eigenvalue weighted by Gasteiger charge is 2.40. The number of nitrogens with zero attached hydrogens (tertiary/aromatic N) is 1. The predicted octanol–water partition coefficient (Wildman–Crippen LogP) is 1.28. The number of β-amino-alcohol motifs (C(OH)–C–C–N with tert-alkyl or cyclic N) is 1.